The summed E-state index contributed by atoms with van der Waals surface area (Å²) in [6.07, 6.45) is 2.21. The van der Waals surface area contributed by atoms with Crippen molar-refractivity contribution in [3.63, 3.8) is 0 Å². The molecule has 1 N–H and O–H groups in total. The normalized spacial score (nSPS) is 10.2. The molecule has 0 atom stereocenters. The zero-order chi connectivity index (χ0) is 11.3. The summed E-state index contributed by atoms with van der Waals surface area (Å²) in [5.41, 5.74) is 3.99. The summed E-state index contributed by atoms with van der Waals surface area (Å²) in [7, 11) is 0. The van der Waals surface area contributed by atoms with Crippen LogP contribution in [0, 0.1) is 0 Å². The number of nitrogens with one attached hydrogen (secondary N) is 1. The van der Waals surface area contributed by atoms with Crippen LogP contribution in [-0.2, 0) is 0 Å². The molecule has 1 aromatic rings. The number of hydrogen-bond acceptors (Lipinski definition) is 1. The monoisotopic (exact) mass is 203 g/mol. The Hall–Kier alpha value is -1.24. The molecule has 82 valence electrons. The molecule has 0 aliphatic carbocycles. The van der Waals surface area contributed by atoms with E-state index in [0.717, 1.165) is 6.54 Å². The molecule has 0 aliphatic heterocycles. The molecule has 15 heavy (non-hydrogen) atoms. The predicted octanol–water partition coefficient (Wildman–Crippen LogP) is 4.19. The van der Waals surface area contributed by atoms with Gasteiger partial charge in [-0.15, -0.1) is 0 Å². The maximum atomic E-state index is 3.45. The van der Waals surface area contributed by atoms with E-state index in [1.807, 2.05) is 0 Å². The predicted molar refractivity (Wildman–Crippen MR) is 68.5 cm³/mol. The van der Waals surface area contributed by atoms with Gasteiger partial charge < -0.3 is 5.32 Å². The summed E-state index contributed by atoms with van der Waals surface area (Å²) >= 11 is 0. The first kappa shape index (κ1) is 11.8. The van der Waals surface area contributed by atoms with Crippen molar-refractivity contribution in [2.75, 3.05) is 11.9 Å². The van der Waals surface area contributed by atoms with Gasteiger partial charge in [0.1, 0.15) is 0 Å². The molecule has 0 unspecified atom stereocenters. The lowest BCUT2D eigenvalue weighted by Gasteiger charge is -2.13. The minimum atomic E-state index is 0.570. The molecule has 0 saturated heterocycles. The summed E-state index contributed by atoms with van der Waals surface area (Å²) in [6, 6.07) is 8.52. The average Bonchev–Trinajstić information content (AvgIpc) is 2.17. The number of para-hydroxylation sites is 1. The molecular weight excluding hydrogens is 182 g/mol. The summed E-state index contributed by atoms with van der Waals surface area (Å²) in [5.74, 6) is 0.570. The van der Waals surface area contributed by atoms with E-state index in [0.29, 0.717) is 5.92 Å². The number of hydrogen-bond donors (Lipinski definition) is 1. The van der Waals surface area contributed by atoms with E-state index in [4.69, 9.17) is 0 Å². The lowest BCUT2D eigenvalue weighted by atomic mass is 10.0. The molecule has 0 heterocycles. The van der Waals surface area contributed by atoms with Crippen LogP contribution in [0.1, 0.15) is 39.2 Å². The van der Waals surface area contributed by atoms with Crippen molar-refractivity contribution in [3.05, 3.63) is 41.5 Å². The molecule has 0 aliphatic rings. The third-order valence-corrected chi connectivity index (χ3v) is 2.39. The minimum Gasteiger partial charge on any atom is -0.381 e. The fourth-order valence-electron chi connectivity index (χ4n) is 1.53. The quantitative estimate of drug-likeness (QED) is 0.723. The van der Waals surface area contributed by atoms with Gasteiger partial charge in [-0.05, 0) is 31.4 Å². The number of allylic oxidation sites excluding steroid dienone is 1. The van der Waals surface area contributed by atoms with Crippen molar-refractivity contribution in [2.45, 2.75) is 33.6 Å². The van der Waals surface area contributed by atoms with Gasteiger partial charge in [0.2, 0.25) is 0 Å². The van der Waals surface area contributed by atoms with Crippen LogP contribution in [0.15, 0.2) is 35.9 Å². The van der Waals surface area contributed by atoms with Gasteiger partial charge in [0.25, 0.3) is 0 Å². The van der Waals surface area contributed by atoms with Gasteiger partial charge in [0.15, 0.2) is 0 Å². The maximum Gasteiger partial charge on any atom is 0.0377 e. The van der Waals surface area contributed by atoms with Gasteiger partial charge in [0, 0.05) is 12.2 Å². The van der Waals surface area contributed by atoms with Gasteiger partial charge in [-0.25, -0.2) is 0 Å². The number of anilines is 1. The van der Waals surface area contributed by atoms with E-state index in [9.17, 15) is 0 Å². The van der Waals surface area contributed by atoms with Gasteiger partial charge in [0.05, 0.1) is 0 Å². The Labute approximate surface area is 93.2 Å². The molecule has 1 nitrogen and oxygen atoms in total. The summed E-state index contributed by atoms with van der Waals surface area (Å²) < 4.78 is 0. The van der Waals surface area contributed by atoms with Crippen LogP contribution in [-0.4, -0.2) is 6.54 Å². The van der Waals surface area contributed by atoms with E-state index in [2.05, 4.69) is 63.4 Å². The van der Waals surface area contributed by atoms with Gasteiger partial charge in [-0.2, -0.15) is 0 Å². The van der Waals surface area contributed by atoms with E-state index in [-0.39, 0.29) is 0 Å². The highest BCUT2D eigenvalue weighted by Crippen LogP contribution is 2.23. The number of rotatable bonds is 4. The first-order valence-corrected chi connectivity index (χ1v) is 5.57. The molecule has 0 aromatic heterocycles. The number of benzene rings is 1. The minimum absolute atomic E-state index is 0.570. The van der Waals surface area contributed by atoms with Crippen molar-refractivity contribution < 1.29 is 0 Å². The molecule has 1 heteroatoms. The van der Waals surface area contributed by atoms with Crippen molar-refractivity contribution in [2.24, 2.45) is 0 Å². The Morgan fingerprint density at radius 1 is 1.27 bits per heavy atom. The Morgan fingerprint density at radius 3 is 2.53 bits per heavy atom. The van der Waals surface area contributed by atoms with Gasteiger partial charge >= 0.3 is 0 Å². The van der Waals surface area contributed by atoms with Crippen LogP contribution in [0.3, 0.4) is 0 Å². The molecule has 0 bridgehead atoms. The third kappa shape index (κ3) is 3.78. The van der Waals surface area contributed by atoms with Crippen molar-refractivity contribution in [1.29, 1.82) is 0 Å². The molecule has 0 fully saturated rings. The van der Waals surface area contributed by atoms with Crippen LogP contribution in [0.25, 0.3) is 0 Å². The van der Waals surface area contributed by atoms with Crippen molar-refractivity contribution in [1.82, 2.24) is 0 Å². The molecular formula is C14H21N. The summed E-state index contributed by atoms with van der Waals surface area (Å²) in [5, 5.41) is 3.45. The lowest BCUT2D eigenvalue weighted by Crippen LogP contribution is -2.03. The highest BCUT2D eigenvalue weighted by atomic mass is 14.9. The third-order valence-electron chi connectivity index (χ3n) is 2.39. The Bertz CT molecular complexity index is 333. The second-order valence-electron chi connectivity index (χ2n) is 4.40. The smallest absolute Gasteiger partial charge is 0.0377 e. The Morgan fingerprint density at radius 2 is 1.93 bits per heavy atom. The molecule has 0 saturated carbocycles. The highest BCUT2D eigenvalue weighted by molar-refractivity contribution is 5.52. The summed E-state index contributed by atoms with van der Waals surface area (Å²) in [4.78, 5) is 0. The zero-order valence-electron chi connectivity index (χ0n) is 10.2. The topological polar surface area (TPSA) is 12.0 Å². The van der Waals surface area contributed by atoms with Crippen LogP contribution in [0.4, 0.5) is 5.69 Å². The molecule has 0 radical (unpaired) electrons. The van der Waals surface area contributed by atoms with E-state index in [1.165, 1.54) is 16.8 Å². The van der Waals surface area contributed by atoms with Crippen molar-refractivity contribution >= 4 is 5.69 Å². The first-order valence-electron chi connectivity index (χ1n) is 5.57. The molecule has 0 spiro atoms. The Kier molecular flexibility index (Phi) is 4.41. The molecule has 1 aromatic carbocycles. The fraction of sp³-hybridized carbons (Fsp3) is 0.429. The largest absolute Gasteiger partial charge is 0.381 e. The van der Waals surface area contributed by atoms with Crippen LogP contribution < -0.4 is 5.32 Å². The fourth-order valence-corrected chi connectivity index (χ4v) is 1.53. The van der Waals surface area contributed by atoms with E-state index < -0.39 is 0 Å². The van der Waals surface area contributed by atoms with Crippen molar-refractivity contribution in [3.8, 4) is 0 Å². The highest BCUT2D eigenvalue weighted by Gasteiger charge is 2.03. The Balaban J connectivity index is 2.72. The van der Waals surface area contributed by atoms with Gasteiger partial charge in [-0.3, -0.25) is 0 Å². The molecule has 0 amide bonds. The molecule has 1 rings (SSSR count). The zero-order valence-corrected chi connectivity index (χ0v) is 10.2. The van der Waals surface area contributed by atoms with Crippen LogP contribution >= 0.6 is 0 Å². The SMILES string of the molecule is CC(C)=CCNc1ccccc1C(C)C. The van der Waals surface area contributed by atoms with Crippen LogP contribution in [0.5, 0.6) is 0 Å². The maximum absolute atomic E-state index is 3.45. The lowest BCUT2D eigenvalue weighted by molar-refractivity contribution is 0.867. The van der Waals surface area contributed by atoms with Crippen LogP contribution in [0.2, 0.25) is 0 Å². The van der Waals surface area contributed by atoms with Gasteiger partial charge in [-0.1, -0.05) is 43.7 Å². The first-order chi connectivity index (χ1) is 7.11. The standard InChI is InChI=1S/C14H21N/c1-11(2)9-10-15-14-8-6-5-7-13(14)12(3)4/h5-9,12,15H,10H2,1-4H3. The second kappa shape index (κ2) is 5.59. The van der Waals surface area contributed by atoms with E-state index in [1.54, 1.807) is 0 Å². The van der Waals surface area contributed by atoms with E-state index >= 15 is 0 Å². The summed E-state index contributed by atoms with van der Waals surface area (Å²) in [6.45, 7) is 9.60. The second-order valence-corrected chi connectivity index (χ2v) is 4.40. The average molecular weight is 203 g/mol.